The highest BCUT2D eigenvalue weighted by Gasteiger charge is 2.31. The highest BCUT2D eigenvalue weighted by atomic mass is 16.2. The average molecular weight is 163 g/mol. The van der Waals surface area contributed by atoms with Crippen LogP contribution in [0.15, 0.2) is 11.1 Å². The van der Waals surface area contributed by atoms with Crippen LogP contribution in [0.1, 0.15) is 27.7 Å². The number of rotatable bonds is 1. The molecule has 0 aromatic heterocycles. The SMILES string of the molecule is [B]N1C(=O)C(C(C)C)=C(C)C1C. The lowest BCUT2D eigenvalue weighted by molar-refractivity contribution is -0.122. The van der Waals surface area contributed by atoms with Crippen LogP contribution >= 0.6 is 0 Å². The number of carbonyl (C=O) groups excluding carboxylic acids is 1. The molecule has 0 N–H and O–H groups in total. The third kappa shape index (κ3) is 1.17. The quantitative estimate of drug-likeness (QED) is 0.533. The van der Waals surface area contributed by atoms with Crippen LogP contribution in [0, 0.1) is 5.92 Å². The van der Waals surface area contributed by atoms with E-state index in [1.165, 1.54) is 4.81 Å². The van der Waals surface area contributed by atoms with Crippen LogP contribution in [0.4, 0.5) is 0 Å². The Morgan fingerprint density at radius 2 is 2.00 bits per heavy atom. The Hall–Kier alpha value is -0.725. The van der Waals surface area contributed by atoms with Crippen molar-refractivity contribution < 1.29 is 4.79 Å². The van der Waals surface area contributed by atoms with Crippen molar-refractivity contribution in [3.8, 4) is 0 Å². The molecule has 0 spiro atoms. The molecule has 1 unspecified atom stereocenters. The van der Waals surface area contributed by atoms with Crippen LogP contribution in [0.5, 0.6) is 0 Å². The van der Waals surface area contributed by atoms with Gasteiger partial charge in [0, 0.05) is 11.6 Å². The molecule has 1 aliphatic rings. The summed E-state index contributed by atoms with van der Waals surface area (Å²) < 4.78 is 0. The first-order valence-electron chi connectivity index (χ1n) is 4.25. The molecule has 2 nitrogen and oxygen atoms in total. The summed E-state index contributed by atoms with van der Waals surface area (Å²) in [5.74, 6) is 0.253. The van der Waals surface area contributed by atoms with E-state index in [2.05, 4.69) is 0 Å². The molecule has 0 saturated heterocycles. The molecule has 2 radical (unpaired) electrons. The lowest BCUT2D eigenvalue weighted by Crippen LogP contribution is -2.31. The van der Waals surface area contributed by atoms with Gasteiger partial charge in [-0.1, -0.05) is 13.8 Å². The Balaban J connectivity index is 3.04. The van der Waals surface area contributed by atoms with E-state index in [9.17, 15) is 4.79 Å². The van der Waals surface area contributed by atoms with Crippen LogP contribution in [0.2, 0.25) is 0 Å². The molecule has 64 valence electrons. The van der Waals surface area contributed by atoms with Crippen molar-refractivity contribution in [2.45, 2.75) is 33.7 Å². The molecule has 0 aromatic carbocycles. The molecule has 1 amide bonds. The maximum Gasteiger partial charge on any atom is 0.237 e. The van der Waals surface area contributed by atoms with Gasteiger partial charge >= 0.3 is 0 Å². The zero-order valence-corrected chi connectivity index (χ0v) is 8.09. The molecule has 0 bridgehead atoms. The van der Waals surface area contributed by atoms with E-state index in [0.717, 1.165) is 11.1 Å². The molecular weight excluding hydrogens is 149 g/mol. The molecular formula is C9H14BNO. The van der Waals surface area contributed by atoms with Crippen molar-refractivity contribution in [2.24, 2.45) is 5.92 Å². The minimum Gasteiger partial charge on any atom is -0.387 e. The van der Waals surface area contributed by atoms with Crippen LogP contribution in [0.25, 0.3) is 0 Å². The molecule has 0 aromatic rings. The van der Waals surface area contributed by atoms with E-state index in [4.69, 9.17) is 7.98 Å². The van der Waals surface area contributed by atoms with Crippen molar-refractivity contribution in [1.29, 1.82) is 0 Å². The Morgan fingerprint density at radius 1 is 1.50 bits per heavy atom. The van der Waals surface area contributed by atoms with Gasteiger partial charge in [-0.05, 0) is 25.3 Å². The first-order chi connectivity index (χ1) is 5.46. The normalized spacial score (nSPS) is 24.6. The molecule has 1 rings (SSSR count). The van der Waals surface area contributed by atoms with Gasteiger partial charge in [0.2, 0.25) is 13.9 Å². The summed E-state index contributed by atoms with van der Waals surface area (Å²) in [7, 11) is 5.58. The van der Waals surface area contributed by atoms with E-state index in [0.29, 0.717) is 0 Å². The van der Waals surface area contributed by atoms with E-state index in [-0.39, 0.29) is 17.9 Å². The van der Waals surface area contributed by atoms with Gasteiger partial charge in [0.15, 0.2) is 0 Å². The fourth-order valence-corrected chi connectivity index (χ4v) is 1.62. The van der Waals surface area contributed by atoms with Gasteiger partial charge < -0.3 is 4.81 Å². The van der Waals surface area contributed by atoms with E-state index < -0.39 is 0 Å². The maximum absolute atomic E-state index is 11.5. The minimum atomic E-state index is -0.0185. The second-order valence-electron chi connectivity index (χ2n) is 3.64. The number of hydrogen-bond acceptors (Lipinski definition) is 1. The maximum atomic E-state index is 11.5. The van der Waals surface area contributed by atoms with Crippen LogP contribution in [0.3, 0.4) is 0 Å². The molecule has 12 heavy (non-hydrogen) atoms. The van der Waals surface area contributed by atoms with E-state index in [1.54, 1.807) is 0 Å². The highest BCUT2D eigenvalue weighted by molar-refractivity contribution is 6.20. The number of nitrogens with zero attached hydrogens (tertiary/aromatic N) is 1. The van der Waals surface area contributed by atoms with Crippen LogP contribution < -0.4 is 0 Å². The standard InChI is InChI=1S/C9H14BNO/c1-5(2)8-6(3)7(4)11(10)9(8)12/h5,7H,1-4H3. The third-order valence-corrected chi connectivity index (χ3v) is 2.51. The summed E-state index contributed by atoms with van der Waals surface area (Å²) in [4.78, 5) is 12.8. The van der Waals surface area contributed by atoms with Crippen LogP contribution in [-0.4, -0.2) is 24.7 Å². The van der Waals surface area contributed by atoms with Crippen molar-refractivity contribution >= 4 is 13.9 Å². The van der Waals surface area contributed by atoms with Crippen molar-refractivity contribution in [3.05, 3.63) is 11.1 Å². The second-order valence-corrected chi connectivity index (χ2v) is 3.64. The van der Waals surface area contributed by atoms with E-state index in [1.807, 2.05) is 27.7 Å². The third-order valence-electron chi connectivity index (χ3n) is 2.51. The second kappa shape index (κ2) is 2.96. The van der Waals surface area contributed by atoms with Gasteiger partial charge in [0.1, 0.15) is 0 Å². The van der Waals surface area contributed by atoms with Gasteiger partial charge in [-0.25, -0.2) is 0 Å². The molecule has 3 heteroatoms. The first kappa shape index (κ1) is 9.36. The average Bonchev–Trinajstić information content (AvgIpc) is 2.16. The van der Waals surface area contributed by atoms with Gasteiger partial charge in [-0.2, -0.15) is 0 Å². The monoisotopic (exact) mass is 163 g/mol. The summed E-state index contributed by atoms with van der Waals surface area (Å²) in [6.07, 6.45) is 0. The van der Waals surface area contributed by atoms with Crippen molar-refractivity contribution in [3.63, 3.8) is 0 Å². The summed E-state index contributed by atoms with van der Waals surface area (Å²) in [5, 5.41) is 0. The van der Waals surface area contributed by atoms with E-state index >= 15 is 0 Å². The zero-order valence-electron chi connectivity index (χ0n) is 8.09. The number of amides is 1. The Bertz CT molecular complexity index is 245. The van der Waals surface area contributed by atoms with Gasteiger partial charge in [0.25, 0.3) is 0 Å². The fourth-order valence-electron chi connectivity index (χ4n) is 1.62. The van der Waals surface area contributed by atoms with Gasteiger partial charge in [0.05, 0.1) is 0 Å². The first-order valence-corrected chi connectivity index (χ1v) is 4.25. The summed E-state index contributed by atoms with van der Waals surface area (Å²) in [5.41, 5.74) is 1.99. The Morgan fingerprint density at radius 3 is 2.17 bits per heavy atom. The number of carbonyl (C=O) groups is 1. The summed E-state index contributed by atoms with van der Waals surface area (Å²) >= 11 is 0. The predicted octanol–water partition coefficient (Wildman–Crippen LogP) is 1.27. The molecule has 0 fully saturated rings. The molecule has 1 aliphatic heterocycles. The topological polar surface area (TPSA) is 20.3 Å². The molecule has 1 heterocycles. The molecule has 0 aliphatic carbocycles. The van der Waals surface area contributed by atoms with Crippen molar-refractivity contribution in [2.75, 3.05) is 0 Å². The minimum absolute atomic E-state index is 0.0185. The Labute approximate surface area is 75.1 Å². The predicted molar refractivity (Wildman–Crippen MR) is 49.6 cm³/mol. The van der Waals surface area contributed by atoms with Gasteiger partial charge in [-0.3, -0.25) is 4.79 Å². The number of hydrogen-bond donors (Lipinski definition) is 0. The summed E-state index contributed by atoms with van der Waals surface area (Å²) in [6.45, 7) is 7.96. The highest BCUT2D eigenvalue weighted by Crippen LogP contribution is 2.28. The van der Waals surface area contributed by atoms with Crippen LogP contribution in [-0.2, 0) is 4.79 Å². The lowest BCUT2D eigenvalue weighted by atomic mass is 9.98. The molecule has 1 atom stereocenters. The lowest BCUT2D eigenvalue weighted by Gasteiger charge is -2.17. The summed E-state index contributed by atoms with van der Waals surface area (Å²) in [6, 6.07) is 0.0647. The smallest absolute Gasteiger partial charge is 0.237 e. The zero-order chi connectivity index (χ0) is 9.46. The molecule has 0 saturated carbocycles. The van der Waals surface area contributed by atoms with Crippen molar-refractivity contribution in [1.82, 2.24) is 4.81 Å². The fraction of sp³-hybridized carbons (Fsp3) is 0.667. The Kier molecular flexibility index (Phi) is 2.31. The van der Waals surface area contributed by atoms with Gasteiger partial charge in [-0.15, -0.1) is 0 Å². The largest absolute Gasteiger partial charge is 0.387 e.